The number of hydrogen-bond donors (Lipinski definition) is 1. The molecule has 35 heavy (non-hydrogen) atoms. The average Bonchev–Trinajstić information content (AvgIpc) is 3.28. The number of aromatic nitrogens is 5. The zero-order valence-electron chi connectivity index (χ0n) is 18.4. The maximum absolute atomic E-state index is 13.2. The van der Waals surface area contributed by atoms with Crippen LogP contribution in [0.3, 0.4) is 0 Å². The van der Waals surface area contributed by atoms with Gasteiger partial charge in [0.25, 0.3) is 17.2 Å². The molecule has 1 fully saturated rings. The summed E-state index contributed by atoms with van der Waals surface area (Å²) in [5, 5.41) is 18.8. The second-order valence-corrected chi connectivity index (χ2v) is 8.37. The van der Waals surface area contributed by atoms with Crippen molar-refractivity contribution in [3.8, 4) is 0 Å². The maximum Gasteiger partial charge on any atom is 0.281 e. The molecule has 0 spiro atoms. The molecule has 4 aromatic rings. The molecule has 1 amide bonds. The predicted octanol–water partition coefficient (Wildman–Crippen LogP) is 2.63. The van der Waals surface area contributed by atoms with Gasteiger partial charge in [0, 0.05) is 36.7 Å². The molecule has 0 unspecified atom stereocenters. The summed E-state index contributed by atoms with van der Waals surface area (Å²) >= 11 is 0. The number of nitro groups is 1. The molecule has 1 saturated heterocycles. The highest BCUT2D eigenvalue weighted by molar-refractivity contribution is 5.94. The third-order valence-corrected chi connectivity index (χ3v) is 6.13. The number of H-pyrrole nitrogens is 1. The smallest absolute Gasteiger partial charge is 0.281 e. The van der Waals surface area contributed by atoms with Crippen LogP contribution in [0.5, 0.6) is 0 Å². The molecule has 5 rings (SSSR count). The normalized spacial score (nSPS) is 14.4. The first-order valence-electron chi connectivity index (χ1n) is 11.0. The van der Waals surface area contributed by atoms with E-state index in [9.17, 15) is 24.1 Å². The van der Waals surface area contributed by atoms with Gasteiger partial charge >= 0.3 is 0 Å². The first-order chi connectivity index (χ1) is 16.9. The monoisotopic (exact) mass is 477 g/mol. The number of amides is 1. The van der Waals surface area contributed by atoms with E-state index in [-0.39, 0.29) is 41.0 Å². The highest BCUT2D eigenvalue weighted by Gasteiger charge is 2.27. The quantitative estimate of drug-likeness (QED) is 0.344. The number of piperidine rings is 1. The van der Waals surface area contributed by atoms with Crippen molar-refractivity contribution in [1.82, 2.24) is 29.9 Å². The number of carbonyl (C=O) groups is 1. The lowest BCUT2D eigenvalue weighted by molar-refractivity contribution is -0.384. The van der Waals surface area contributed by atoms with Crippen LogP contribution in [-0.2, 0) is 6.54 Å². The van der Waals surface area contributed by atoms with E-state index in [4.69, 9.17) is 0 Å². The number of halogens is 1. The highest BCUT2D eigenvalue weighted by Crippen LogP contribution is 2.27. The van der Waals surface area contributed by atoms with Gasteiger partial charge in [-0.2, -0.15) is 0 Å². The summed E-state index contributed by atoms with van der Waals surface area (Å²) in [6.45, 7) is 1.19. The van der Waals surface area contributed by atoms with E-state index < -0.39 is 4.92 Å². The molecule has 2 aromatic carbocycles. The van der Waals surface area contributed by atoms with Crippen molar-refractivity contribution in [2.75, 3.05) is 13.1 Å². The summed E-state index contributed by atoms with van der Waals surface area (Å²) in [6.07, 6.45) is 1.18. The number of nitrogens with one attached hydrogen (secondary N) is 1. The third-order valence-electron chi connectivity index (χ3n) is 6.13. The van der Waals surface area contributed by atoms with E-state index >= 15 is 0 Å². The minimum Gasteiger partial charge on any atom is -0.339 e. The Morgan fingerprint density at radius 2 is 1.80 bits per heavy atom. The molecule has 0 saturated carbocycles. The summed E-state index contributed by atoms with van der Waals surface area (Å²) in [7, 11) is 0. The minimum absolute atomic E-state index is 0.0674. The number of fused-ring (bicyclic) bond motifs is 1. The Hall–Kier alpha value is -4.48. The molecule has 12 heteroatoms. The van der Waals surface area contributed by atoms with Crippen molar-refractivity contribution in [3.05, 3.63) is 91.8 Å². The Morgan fingerprint density at radius 3 is 2.46 bits per heavy atom. The van der Waals surface area contributed by atoms with Gasteiger partial charge in [0.05, 0.1) is 11.5 Å². The van der Waals surface area contributed by atoms with Gasteiger partial charge in [0.2, 0.25) is 0 Å². The van der Waals surface area contributed by atoms with Crippen LogP contribution in [0, 0.1) is 15.9 Å². The fourth-order valence-corrected chi connectivity index (χ4v) is 4.21. The average molecular weight is 477 g/mol. The summed E-state index contributed by atoms with van der Waals surface area (Å²) in [5.41, 5.74) is 1.19. The van der Waals surface area contributed by atoms with Crippen LogP contribution < -0.4 is 5.56 Å². The Kier molecular flexibility index (Phi) is 5.77. The van der Waals surface area contributed by atoms with Crippen molar-refractivity contribution >= 4 is 22.8 Å². The topological polar surface area (TPSA) is 140 Å². The summed E-state index contributed by atoms with van der Waals surface area (Å²) in [5.74, 6) is -0.0981. The number of benzene rings is 2. The summed E-state index contributed by atoms with van der Waals surface area (Å²) < 4.78 is 14.7. The lowest BCUT2D eigenvalue weighted by Crippen LogP contribution is -2.38. The number of hydrogen-bond acceptors (Lipinski definition) is 7. The van der Waals surface area contributed by atoms with E-state index in [1.54, 1.807) is 17.0 Å². The van der Waals surface area contributed by atoms with Crippen molar-refractivity contribution in [1.29, 1.82) is 0 Å². The summed E-state index contributed by atoms with van der Waals surface area (Å²) in [6, 6.07) is 11.5. The van der Waals surface area contributed by atoms with Crippen LogP contribution in [0.25, 0.3) is 11.2 Å². The molecule has 1 aliphatic rings. The molecule has 3 heterocycles. The van der Waals surface area contributed by atoms with Gasteiger partial charge in [-0.3, -0.25) is 19.7 Å². The molecule has 0 aliphatic carbocycles. The van der Waals surface area contributed by atoms with Gasteiger partial charge in [-0.15, -0.1) is 5.10 Å². The van der Waals surface area contributed by atoms with Crippen molar-refractivity contribution in [2.24, 2.45) is 0 Å². The van der Waals surface area contributed by atoms with E-state index in [2.05, 4.69) is 20.3 Å². The number of nitrogens with zero attached hydrogens (tertiary/aromatic N) is 6. The number of carbonyl (C=O) groups excluding carboxylic acids is 1. The Balaban J connectivity index is 1.31. The number of rotatable bonds is 5. The lowest BCUT2D eigenvalue weighted by atomic mass is 9.95. The number of aromatic amines is 1. The van der Waals surface area contributed by atoms with Crippen LogP contribution >= 0.6 is 0 Å². The van der Waals surface area contributed by atoms with Crippen LogP contribution in [0.1, 0.15) is 40.5 Å². The van der Waals surface area contributed by atoms with Crippen LogP contribution in [0.2, 0.25) is 0 Å². The van der Waals surface area contributed by atoms with Gasteiger partial charge in [-0.25, -0.2) is 14.1 Å². The Labute approximate surface area is 197 Å². The molecule has 178 valence electrons. The van der Waals surface area contributed by atoms with Gasteiger partial charge in [-0.1, -0.05) is 17.3 Å². The van der Waals surface area contributed by atoms with Gasteiger partial charge in [0.15, 0.2) is 11.2 Å². The molecular formula is C23H20FN7O4. The zero-order chi connectivity index (χ0) is 24.5. The largest absolute Gasteiger partial charge is 0.339 e. The van der Waals surface area contributed by atoms with Crippen LogP contribution in [-0.4, -0.2) is 53.8 Å². The molecule has 11 nitrogen and oxygen atoms in total. The molecule has 0 bridgehead atoms. The van der Waals surface area contributed by atoms with Crippen molar-refractivity contribution < 1.29 is 14.1 Å². The fraction of sp³-hybridized carbons (Fsp3) is 0.261. The second kappa shape index (κ2) is 9.05. The Bertz CT molecular complexity index is 1460. The molecule has 0 radical (unpaired) electrons. The maximum atomic E-state index is 13.2. The zero-order valence-corrected chi connectivity index (χ0v) is 18.4. The van der Waals surface area contributed by atoms with Crippen LogP contribution in [0.4, 0.5) is 10.1 Å². The number of nitro benzene ring substituents is 1. The molecule has 2 aromatic heterocycles. The number of non-ortho nitro benzene ring substituents is 1. The van der Waals surface area contributed by atoms with Crippen molar-refractivity contribution in [2.45, 2.75) is 25.3 Å². The SMILES string of the molecule is O=C(c1ccc([N+](=O)[O-])cc1)N1CCC(c2nc3c(nnn3Cc3ccc(F)cc3)c(=O)[nH]2)CC1. The standard InChI is InChI=1S/C23H20FN7O4/c24-17-5-1-14(2-6-17)13-30-21-19(27-28-30)22(32)26-20(25-21)15-9-11-29(12-10-15)23(33)16-3-7-18(8-4-16)31(34)35/h1-8,15H,9-13H2,(H,25,26,32). The summed E-state index contributed by atoms with van der Waals surface area (Å²) in [4.78, 5) is 44.8. The predicted molar refractivity (Wildman–Crippen MR) is 122 cm³/mol. The molecule has 1 aliphatic heterocycles. The molecule has 1 N–H and O–H groups in total. The van der Waals surface area contributed by atoms with Crippen molar-refractivity contribution in [3.63, 3.8) is 0 Å². The Morgan fingerprint density at radius 1 is 1.11 bits per heavy atom. The van der Waals surface area contributed by atoms with Gasteiger partial charge in [-0.05, 0) is 42.7 Å². The lowest BCUT2D eigenvalue weighted by Gasteiger charge is -2.31. The van der Waals surface area contributed by atoms with E-state index in [1.165, 1.54) is 41.1 Å². The van der Waals surface area contributed by atoms with Gasteiger partial charge in [0.1, 0.15) is 11.6 Å². The highest BCUT2D eigenvalue weighted by atomic mass is 19.1. The van der Waals surface area contributed by atoms with Crippen LogP contribution in [0.15, 0.2) is 53.3 Å². The second-order valence-electron chi connectivity index (χ2n) is 8.37. The van der Waals surface area contributed by atoms with Gasteiger partial charge < -0.3 is 9.88 Å². The third kappa shape index (κ3) is 4.50. The molecular weight excluding hydrogens is 457 g/mol. The first kappa shape index (κ1) is 22.3. The van der Waals surface area contributed by atoms with E-state index in [1.807, 2.05) is 0 Å². The number of likely N-dealkylation sites (tertiary alicyclic amines) is 1. The fourth-order valence-electron chi connectivity index (χ4n) is 4.21. The molecule has 0 atom stereocenters. The van der Waals surface area contributed by atoms with E-state index in [0.717, 1.165) is 5.56 Å². The minimum atomic E-state index is -0.508. The van der Waals surface area contributed by atoms with E-state index in [0.29, 0.717) is 43.0 Å². The first-order valence-corrected chi connectivity index (χ1v) is 11.0.